The summed E-state index contributed by atoms with van der Waals surface area (Å²) in [6, 6.07) is 20.3. The molecule has 1 saturated heterocycles. The number of benzene rings is 2. The quantitative estimate of drug-likeness (QED) is 0.731. The van der Waals surface area contributed by atoms with Gasteiger partial charge in [-0.3, -0.25) is 4.90 Å². The second-order valence-electron chi connectivity index (χ2n) is 7.36. The van der Waals surface area contributed by atoms with Gasteiger partial charge in [0.15, 0.2) is 0 Å². The van der Waals surface area contributed by atoms with E-state index < -0.39 is 0 Å². The number of likely N-dealkylation sites (tertiary alicyclic amines) is 1. The number of piperidine rings is 1. The SMILES string of the molecule is CC1CCCC(C)N1CCCc1ccc(-c2ccc(C#N)cc2)cc1. The molecule has 3 rings (SSSR count). The molecule has 2 heteroatoms. The topological polar surface area (TPSA) is 27.0 Å². The summed E-state index contributed by atoms with van der Waals surface area (Å²) < 4.78 is 0. The van der Waals surface area contributed by atoms with Crippen molar-refractivity contribution in [2.75, 3.05) is 6.54 Å². The molecule has 0 bridgehead atoms. The first-order valence-corrected chi connectivity index (χ1v) is 9.52. The van der Waals surface area contributed by atoms with Gasteiger partial charge in [0.25, 0.3) is 0 Å². The van der Waals surface area contributed by atoms with Crippen molar-refractivity contribution in [3.8, 4) is 17.2 Å². The minimum atomic E-state index is 0.710. The van der Waals surface area contributed by atoms with E-state index in [0.717, 1.165) is 18.5 Å². The highest BCUT2D eigenvalue weighted by atomic mass is 15.2. The lowest BCUT2D eigenvalue weighted by Gasteiger charge is -2.39. The molecule has 0 amide bonds. The van der Waals surface area contributed by atoms with Gasteiger partial charge in [0, 0.05) is 12.1 Å². The van der Waals surface area contributed by atoms with Crippen molar-refractivity contribution in [3.63, 3.8) is 0 Å². The molecule has 2 unspecified atom stereocenters. The molecule has 2 nitrogen and oxygen atoms in total. The van der Waals surface area contributed by atoms with E-state index in [9.17, 15) is 0 Å². The van der Waals surface area contributed by atoms with Crippen LogP contribution in [0, 0.1) is 11.3 Å². The van der Waals surface area contributed by atoms with Gasteiger partial charge in [-0.15, -0.1) is 0 Å². The van der Waals surface area contributed by atoms with E-state index >= 15 is 0 Å². The van der Waals surface area contributed by atoms with Crippen LogP contribution in [0.1, 0.15) is 50.7 Å². The molecule has 2 aromatic rings. The summed E-state index contributed by atoms with van der Waals surface area (Å²) in [4.78, 5) is 2.69. The Morgan fingerprint density at radius 3 is 2.04 bits per heavy atom. The van der Waals surface area contributed by atoms with Crippen LogP contribution in [0.2, 0.25) is 0 Å². The molecule has 0 saturated carbocycles. The van der Waals surface area contributed by atoms with Crippen LogP contribution in [0.3, 0.4) is 0 Å². The average molecular weight is 332 g/mol. The van der Waals surface area contributed by atoms with Gasteiger partial charge in [0.1, 0.15) is 0 Å². The van der Waals surface area contributed by atoms with Crippen molar-refractivity contribution in [2.24, 2.45) is 0 Å². The number of aryl methyl sites for hydroxylation is 1. The molecule has 25 heavy (non-hydrogen) atoms. The highest BCUT2D eigenvalue weighted by molar-refractivity contribution is 5.64. The normalized spacial score (nSPS) is 21.0. The van der Waals surface area contributed by atoms with Gasteiger partial charge in [0.05, 0.1) is 11.6 Å². The molecular weight excluding hydrogens is 304 g/mol. The number of hydrogen-bond acceptors (Lipinski definition) is 2. The van der Waals surface area contributed by atoms with Gasteiger partial charge in [0.2, 0.25) is 0 Å². The summed E-state index contributed by atoms with van der Waals surface area (Å²) in [5.41, 5.74) is 4.50. The van der Waals surface area contributed by atoms with Crippen LogP contribution in [0.4, 0.5) is 0 Å². The summed E-state index contributed by atoms with van der Waals surface area (Å²) >= 11 is 0. The molecule has 1 heterocycles. The van der Waals surface area contributed by atoms with E-state index in [-0.39, 0.29) is 0 Å². The van der Waals surface area contributed by atoms with Gasteiger partial charge in [-0.05, 0) is 74.9 Å². The lowest BCUT2D eigenvalue weighted by atomic mass is 9.96. The third-order valence-electron chi connectivity index (χ3n) is 5.56. The molecule has 2 aromatic carbocycles. The Morgan fingerprint density at radius 2 is 1.48 bits per heavy atom. The van der Waals surface area contributed by atoms with Gasteiger partial charge < -0.3 is 0 Å². The summed E-state index contributed by atoms with van der Waals surface area (Å²) in [6.45, 7) is 5.96. The fourth-order valence-corrected chi connectivity index (χ4v) is 3.98. The molecule has 2 atom stereocenters. The van der Waals surface area contributed by atoms with Crippen molar-refractivity contribution in [1.82, 2.24) is 4.90 Å². The van der Waals surface area contributed by atoms with E-state index in [4.69, 9.17) is 5.26 Å². The van der Waals surface area contributed by atoms with Crippen molar-refractivity contribution < 1.29 is 0 Å². The zero-order valence-electron chi connectivity index (χ0n) is 15.4. The van der Waals surface area contributed by atoms with Gasteiger partial charge in [-0.2, -0.15) is 5.26 Å². The van der Waals surface area contributed by atoms with Crippen LogP contribution >= 0.6 is 0 Å². The lowest BCUT2D eigenvalue weighted by Crippen LogP contribution is -2.44. The number of nitriles is 1. The Hall–Kier alpha value is -2.11. The highest BCUT2D eigenvalue weighted by Gasteiger charge is 2.23. The van der Waals surface area contributed by atoms with Gasteiger partial charge in [-0.25, -0.2) is 0 Å². The lowest BCUT2D eigenvalue weighted by molar-refractivity contribution is 0.102. The van der Waals surface area contributed by atoms with Gasteiger partial charge in [-0.1, -0.05) is 42.8 Å². The van der Waals surface area contributed by atoms with Crippen LogP contribution < -0.4 is 0 Å². The second kappa shape index (κ2) is 8.32. The Labute approximate surface area is 152 Å². The van der Waals surface area contributed by atoms with Crippen molar-refractivity contribution in [2.45, 2.75) is 58.0 Å². The predicted molar refractivity (Wildman–Crippen MR) is 104 cm³/mol. The number of hydrogen-bond donors (Lipinski definition) is 0. The Bertz CT molecular complexity index is 699. The maximum Gasteiger partial charge on any atom is 0.0991 e. The number of rotatable bonds is 5. The van der Waals surface area contributed by atoms with Crippen LogP contribution in [0.5, 0.6) is 0 Å². The smallest absolute Gasteiger partial charge is 0.0991 e. The fourth-order valence-electron chi connectivity index (χ4n) is 3.98. The molecule has 0 radical (unpaired) electrons. The Morgan fingerprint density at radius 1 is 0.920 bits per heavy atom. The number of nitrogens with zero attached hydrogens (tertiary/aromatic N) is 2. The van der Waals surface area contributed by atoms with Crippen molar-refractivity contribution in [3.05, 3.63) is 59.7 Å². The first-order valence-electron chi connectivity index (χ1n) is 9.52. The van der Waals surface area contributed by atoms with Crippen LogP contribution in [0.15, 0.2) is 48.5 Å². The molecule has 0 spiro atoms. The van der Waals surface area contributed by atoms with E-state index in [1.807, 2.05) is 24.3 Å². The molecule has 0 aliphatic carbocycles. The minimum Gasteiger partial charge on any atom is -0.298 e. The third-order valence-corrected chi connectivity index (χ3v) is 5.56. The predicted octanol–water partition coefficient (Wildman–Crippen LogP) is 5.42. The monoisotopic (exact) mass is 332 g/mol. The minimum absolute atomic E-state index is 0.710. The van der Waals surface area contributed by atoms with Crippen LogP contribution in [0.25, 0.3) is 11.1 Å². The molecular formula is C23H28N2. The zero-order valence-corrected chi connectivity index (χ0v) is 15.4. The van der Waals surface area contributed by atoms with E-state index in [2.05, 4.69) is 49.1 Å². The zero-order chi connectivity index (χ0) is 17.6. The highest BCUT2D eigenvalue weighted by Crippen LogP contribution is 2.24. The van der Waals surface area contributed by atoms with E-state index in [1.165, 1.54) is 48.9 Å². The maximum absolute atomic E-state index is 8.89. The summed E-state index contributed by atoms with van der Waals surface area (Å²) in [5, 5.41) is 8.89. The maximum atomic E-state index is 8.89. The molecule has 0 aromatic heterocycles. The largest absolute Gasteiger partial charge is 0.298 e. The van der Waals surface area contributed by atoms with Crippen LogP contribution in [-0.4, -0.2) is 23.5 Å². The fraction of sp³-hybridized carbons (Fsp3) is 0.435. The first-order chi connectivity index (χ1) is 12.2. The van der Waals surface area contributed by atoms with E-state index in [1.54, 1.807) is 0 Å². The first kappa shape index (κ1) is 17.7. The Kier molecular flexibility index (Phi) is 5.89. The average Bonchev–Trinajstić information content (AvgIpc) is 2.65. The molecule has 1 aliphatic heterocycles. The van der Waals surface area contributed by atoms with Crippen molar-refractivity contribution >= 4 is 0 Å². The second-order valence-corrected chi connectivity index (χ2v) is 7.36. The summed E-state index contributed by atoms with van der Waals surface area (Å²) in [7, 11) is 0. The van der Waals surface area contributed by atoms with Crippen LogP contribution in [-0.2, 0) is 6.42 Å². The molecule has 0 N–H and O–H groups in total. The molecule has 130 valence electrons. The molecule has 1 fully saturated rings. The summed E-state index contributed by atoms with van der Waals surface area (Å²) in [6.07, 6.45) is 6.46. The Balaban J connectivity index is 1.54. The van der Waals surface area contributed by atoms with Gasteiger partial charge >= 0.3 is 0 Å². The molecule has 1 aliphatic rings. The summed E-state index contributed by atoms with van der Waals surface area (Å²) in [5.74, 6) is 0. The standard InChI is InChI=1S/C23H28N2/c1-18-5-3-6-19(2)25(18)16-4-7-20-8-12-22(13-9-20)23-14-10-21(17-24)11-15-23/h8-15,18-19H,3-7,16H2,1-2H3. The van der Waals surface area contributed by atoms with Crippen molar-refractivity contribution in [1.29, 1.82) is 5.26 Å². The third kappa shape index (κ3) is 4.50. The van der Waals surface area contributed by atoms with E-state index in [0.29, 0.717) is 5.56 Å².